The Labute approximate surface area is 109 Å². The number of hydrogen-bond donors (Lipinski definition) is 1. The maximum absolute atomic E-state index is 8.52. The van der Waals surface area contributed by atoms with E-state index in [0.29, 0.717) is 0 Å². The largest absolute Gasteiger partial charge is 0.478 e. The van der Waals surface area contributed by atoms with Gasteiger partial charge < -0.3 is 15.0 Å². The number of benzene rings is 1. The van der Waals surface area contributed by atoms with Crippen molar-refractivity contribution in [3.8, 4) is 11.8 Å². The van der Waals surface area contributed by atoms with Crippen molar-refractivity contribution in [2.24, 2.45) is 0 Å². The molecule has 0 aromatic heterocycles. The van der Waals surface area contributed by atoms with Gasteiger partial charge in [0.1, 0.15) is 11.8 Å². The fraction of sp³-hybridized carbons (Fsp3) is 0.500. The highest BCUT2D eigenvalue weighted by molar-refractivity contribution is 5.33. The molecule has 0 saturated carbocycles. The highest BCUT2D eigenvalue weighted by Crippen LogP contribution is 2.17. The molecule has 0 amide bonds. The Morgan fingerprint density at radius 1 is 1.39 bits per heavy atom. The molecule has 98 valence electrons. The number of nitrogens with zero attached hydrogens (tertiary/aromatic N) is 2. The molecule has 0 spiro atoms. The average Bonchev–Trinajstić information content (AvgIpc) is 2.42. The summed E-state index contributed by atoms with van der Waals surface area (Å²) in [6, 6.07) is 9.79. The zero-order chi connectivity index (χ0) is 13.2. The third kappa shape index (κ3) is 5.17. The van der Waals surface area contributed by atoms with Crippen molar-refractivity contribution in [2.75, 3.05) is 33.3 Å². The Morgan fingerprint density at radius 2 is 2.17 bits per heavy atom. The summed E-state index contributed by atoms with van der Waals surface area (Å²) in [5.41, 5.74) is 1.09. The van der Waals surface area contributed by atoms with Crippen molar-refractivity contribution in [2.45, 2.75) is 13.5 Å². The van der Waals surface area contributed by atoms with Gasteiger partial charge >= 0.3 is 0 Å². The van der Waals surface area contributed by atoms with E-state index in [1.54, 1.807) is 0 Å². The van der Waals surface area contributed by atoms with Gasteiger partial charge in [-0.1, -0.05) is 25.1 Å². The van der Waals surface area contributed by atoms with E-state index in [1.807, 2.05) is 30.3 Å². The maximum atomic E-state index is 8.52. The van der Waals surface area contributed by atoms with E-state index in [4.69, 9.17) is 10.00 Å². The molecule has 4 nitrogen and oxygen atoms in total. The summed E-state index contributed by atoms with van der Waals surface area (Å²) in [4.78, 5) is 2.26. The van der Waals surface area contributed by atoms with Gasteiger partial charge in [-0.25, -0.2) is 0 Å². The van der Waals surface area contributed by atoms with Crippen molar-refractivity contribution in [3.05, 3.63) is 29.8 Å². The minimum Gasteiger partial charge on any atom is -0.478 e. The molecule has 4 heteroatoms. The molecule has 0 saturated heterocycles. The van der Waals surface area contributed by atoms with Gasteiger partial charge in [0.25, 0.3) is 0 Å². The van der Waals surface area contributed by atoms with Crippen LogP contribution in [0.1, 0.15) is 12.5 Å². The summed E-state index contributed by atoms with van der Waals surface area (Å²) in [6.45, 7) is 6.03. The number of nitrogens with one attached hydrogen (secondary N) is 1. The standard InChI is InChI=1S/C14H21N3O/c1-3-17(2)10-9-16-12-13-6-4-5-7-14(13)18-11-8-15/h4-7,16H,3,9-12H2,1-2H3. The number of nitriles is 1. The van der Waals surface area contributed by atoms with E-state index in [9.17, 15) is 0 Å². The monoisotopic (exact) mass is 247 g/mol. The van der Waals surface area contributed by atoms with Crippen LogP contribution < -0.4 is 10.1 Å². The van der Waals surface area contributed by atoms with Crippen molar-refractivity contribution < 1.29 is 4.74 Å². The lowest BCUT2D eigenvalue weighted by Crippen LogP contribution is -2.28. The Kier molecular flexibility index (Phi) is 6.85. The number of likely N-dealkylation sites (N-methyl/N-ethyl adjacent to an activating group) is 1. The normalized spacial score (nSPS) is 10.3. The van der Waals surface area contributed by atoms with E-state index in [0.717, 1.165) is 37.5 Å². The van der Waals surface area contributed by atoms with Crippen LogP contribution in [-0.2, 0) is 6.54 Å². The fourth-order valence-electron chi connectivity index (χ4n) is 1.55. The molecule has 0 atom stereocenters. The highest BCUT2D eigenvalue weighted by atomic mass is 16.5. The summed E-state index contributed by atoms with van der Waals surface area (Å²) in [7, 11) is 2.10. The predicted octanol–water partition coefficient (Wildman–Crippen LogP) is 1.63. The lowest BCUT2D eigenvalue weighted by molar-refractivity contribution is 0.345. The summed E-state index contributed by atoms with van der Waals surface area (Å²) in [5, 5.41) is 11.9. The lowest BCUT2D eigenvalue weighted by atomic mass is 10.2. The summed E-state index contributed by atoms with van der Waals surface area (Å²) in [6.07, 6.45) is 0. The second-order valence-corrected chi connectivity index (χ2v) is 4.13. The van der Waals surface area contributed by atoms with Gasteiger partial charge in [-0.2, -0.15) is 5.26 Å². The molecular weight excluding hydrogens is 226 g/mol. The van der Waals surface area contributed by atoms with Gasteiger partial charge in [0.2, 0.25) is 0 Å². The number of para-hydroxylation sites is 1. The van der Waals surface area contributed by atoms with Crippen LogP contribution in [0.3, 0.4) is 0 Å². The predicted molar refractivity (Wildman–Crippen MR) is 72.4 cm³/mol. The molecule has 0 unspecified atom stereocenters. The van der Waals surface area contributed by atoms with Crippen molar-refractivity contribution in [1.82, 2.24) is 10.2 Å². The van der Waals surface area contributed by atoms with E-state index in [1.165, 1.54) is 0 Å². The van der Waals surface area contributed by atoms with Crippen LogP contribution in [0.15, 0.2) is 24.3 Å². The number of hydrogen-bond acceptors (Lipinski definition) is 4. The first-order valence-electron chi connectivity index (χ1n) is 6.24. The minimum atomic E-state index is 0.0928. The smallest absolute Gasteiger partial charge is 0.174 e. The fourth-order valence-corrected chi connectivity index (χ4v) is 1.55. The SMILES string of the molecule is CCN(C)CCNCc1ccccc1OCC#N. The zero-order valence-corrected chi connectivity index (χ0v) is 11.1. The van der Waals surface area contributed by atoms with Crippen LogP contribution in [0.25, 0.3) is 0 Å². The van der Waals surface area contributed by atoms with Crippen LogP contribution in [0.5, 0.6) is 5.75 Å². The topological polar surface area (TPSA) is 48.3 Å². The molecule has 0 bridgehead atoms. The van der Waals surface area contributed by atoms with E-state index in [2.05, 4.69) is 24.2 Å². The first-order valence-corrected chi connectivity index (χ1v) is 6.24. The Hall–Kier alpha value is -1.57. The van der Waals surface area contributed by atoms with E-state index < -0.39 is 0 Å². The van der Waals surface area contributed by atoms with Gasteiger partial charge in [-0.05, 0) is 19.7 Å². The van der Waals surface area contributed by atoms with Gasteiger partial charge in [-0.3, -0.25) is 0 Å². The Balaban J connectivity index is 2.39. The van der Waals surface area contributed by atoms with Crippen LogP contribution in [-0.4, -0.2) is 38.2 Å². The van der Waals surface area contributed by atoms with Gasteiger partial charge in [-0.15, -0.1) is 0 Å². The first-order chi connectivity index (χ1) is 8.77. The van der Waals surface area contributed by atoms with E-state index >= 15 is 0 Å². The minimum absolute atomic E-state index is 0.0928. The van der Waals surface area contributed by atoms with Crippen LogP contribution in [0, 0.1) is 11.3 Å². The number of ether oxygens (including phenoxy) is 1. The third-order valence-corrected chi connectivity index (χ3v) is 2.79. The van der Waals surface area contributed by atoms with E-state index in [-0.39, 0.29) is 6.61 Å². The summed E-state index contributed by atoms with van der Waals surface area (Å²) in [5.74, 6) is 0.787. The third-order valence-electron chi connectivity index (χ3n) is 2.79. The molecule has 0 radical (unpaired) electrons. The van der Waals surface area contributed by atoms with Gasteiger partial charge in [0.05, 0.1) is 0 Å². The molecule has 1 N–H and O–H groups in total. The molecule has 1 aromatic rings. The second-order valence-electron chi connectivity index (χ2n) is 4.13. The molecule has 1 aromatic carbocycles. The van der Waals surface area contributed by atoms with Gasteiger partial charge in [0.15, 0.2) is 6.61 Å². The zero-order valence-electron chi connectivity index (χ0n) is 11.1. The molecule has 0 heterocycles. The highest BCUT2D eigenvalue weighted by Gasteiger charge is 2.02. The summed E-state index contributed by atoms with van der Waals surface area (Å²) < 4.78 is 5.37. The molecule has 1 rings (SSSR count). The molecule has 0 fully saturated rings. The van der Waals surface area contributed by atoms with Crippen molar-refractivity contribution in [3.63, 3.8) is 0 Å². The maximum Gasteiger partial charge on any atom is 0.174 e. The van der Waals surface area contributed by atoms with Gasteiger partial charge in [0, 0.05) is 25.2 Å². The molecule has 0 aliphatic rings. The Morgan fingerprint density at radius 3 is 2.89 bits per heavy atom. The molecule has 0 aliphatic carbocycles. The molecule has 0 aliphatic heterocycles. The first kappa shape index (κ1) is 14.5. The van der Waals surface area contributed by atoms with Crippen LogP contribution in [0.4, 0.5) is 0 Å². The number of rotatable bonds is 8. The molecular formula is C14H21N3O. The quantitative estimate of drug-likeness (QED) is 0.709. The average molecular weight is 247 g/mol. The van der Waals surface area contributed by atoms with Crippen molar-refractivity contribution in [1.29, 1.82) is 5.26 Å². The Bertz CT molecular complexity index is 387. The van der Waals surface area contributed by atoms with Crippen LogP contribution in [0.2, 0.25) is 0 Å². The lowest BCUT2D eigenvalue weighted by Gasteiger charge is -2.15. The van der Waals surface area contributed by atoms with Crippen molar-refractivity contribution >= 4 is 0 Å². The summed E-state index contributed by atoms with van der Waals surface area (Å²) >= 11 is 0. The molecule has 18 heavy (non-hydrogen) atoms. The second kappa shape index (κ2) is 8.51. The van der Waals surface area contributed by atoms with Crippen LogP contribution >= 0.6 is 0 Å².